The highest BCUT2D eigenvalue weighted by Crippen LogP contribution is 2.15. The molecule has 1 aliphatic heterocycles. The van der Waals surface area contributed by atoms with Gasteiger partial charge in [-0.05, 0) is 19.1 Å². The Bertz CT molecular complexity index is 681. The highest BCUT2D eigenvalue weighted by molar-refractivity contribution is 5.94. The zero-order chi connectivity index (χ0) is 16.2. The predicted octanol–water partition coefficient (Wildman–Crippen LogP) is 1.15. The number of carbonyl (C=O) groups is 1. The molecule has 0 atom stereocenters. The number of aromatic nitrogens is 3. The van der Waals surface area contributed by atoms with E-state index >= 15 is 0 Å². The second-order valence-electron chi connectivity index (χ2n) is 5.37. The molecule has 3 heterocycles. The first-order valence-electron chi connectivity index (χ1n) is 7.51. The molecule has 2 aromatic rings. The fourth-order valence-corrected chi connectivity index (χ4v) is 2.48. The third kappa shape index (κ3) is 3.39. The molecule has 0 bridgehead atoms. The van der Waals surface area contributed by atoms with Gasteiger partial charge in [-0.15, -0.1) is 0 Å². The molecule has 0 unspecified atom stereocenters. The van der Waals surface area contributed by atoms with E-state index in [-0.39, 0.29) is 5.91 Å². The molecule has 2 aromatic heterocycles. The van der Waals surface area contributed by atoms with E-state index in [9.17, 15) is 4.79 Å². The summed E-state index contributed by atoms with van der Waals surface area (Å²) in [4.78, 5) is 29.1. The SMILES string of the molecule is COc1ccnc(N2CCN(C(=O)c3ccc(C)nc3)CC2)n1. The second kappa shape index (κ2) is 6.60. The molecule has 1 fully saturated rings. The average Bonchev–Trinajstić information content (AvgIpc) is 2.62. The number of nitrogens with zero attached hydrogens (tertiary/aromatic N) is 5. The third-order valence-electron chi connectivity index (χ3n) is 3.83. The Kier molecular flexibility index (Phi) is 4.36. The molecule has 0 aliphatic carbocycles. The van der Waals surface area contributed by atoms with Crippen LogP contribution in [0.5, 0.6) is 5.88 Å². The van der Waals surface area contributed by atoms with E-state index in [1.165, 1.54) is 0 Å². The minimum absolute atomic E-state index is 0.0173. The average molecular weight is 313 g/mol. The van der Waals surface area contributed by atoms with Crippen molar-refractivity contribution in [2.75, 3.05) is 38.2 Å². The first-order valence-corrected chi connectivity index (χ1v) is 7.51. The van der Waals surface area contributed by atoms with Crippen molar-refractivity contribution in [3.63, 3.8) is 0 Å². The van der Waals surface area contributed by atoms with Crippen LogP contribution in [0.4, 0.5) is 5.95 Å². The molecule has 1 saturated heterocycles. The Morgan fingerprint density at radius 2 is 1.91 bits per heavy atom. The van der Waals surface area contributed by atoms with Crippen molar-refractivity contribution < 1.29 is 9.53 Å². The van der Waals surface area contributed by atoms with Gasteiger partial charge in [0.15, 0.2) is 0 Å². The van der Waals surface area contributed by atoms with E-state index < -0.39 is 0 Å². The van der Waals surface area contributed by atoms with Crippen molar-refractivity contribution in [3.8, 4) is 5.88 Å². The van der Waals surface area contributed by atoms with Crippen molar-refractivity contribution in [2.24, 2.45) is 0 Å². The Hall–Kier alpha value is -2.70. The molecule has 3 rings (SSSR count). The number of hydrogen-bond acceptors (Lipinski definition) is 6. The van der Waals surface area contributed by atoms with Gasteiger partial charge < -0.3 is 14.5 Å². The van der Waals surface area contributed by atoms with Gasteiger partial charge in [0.2, 0.25) is 11.8 Å². The highest BCUT2D eigenvalue weighted by Gasteiger charge is 2.23. The molecule has 23 heavy (non-hydrogen) atoms. The number of carbonyl (C=O) groups excluding carboxylic acids is 1. The maximum atomic E-state index is 12.5. The summed E-state index contributed by atoms with van der Waals surface area (Å²) in [6, 6.07) is 5.39. The van der Waals surface area contributed by atoms with Gasteiger partial charge >= 0.3 is 0 Å². The van der Waals surface area contributed by atoms with Gasteiger partial charge in [-0.25, -0.2) is 4.98 Å². The lowest BCUT2D eigenvalue weighted by Crippen LogP contribution is -2.49. The lowest BCUT2D eigenvalue weighted by atomic mass is 10.2. The smallest absolute Gasteiger partial charge is 0.255 e. The molecule has 0 radical (unpaired) electrons. The summed E-state index contributed by atoms with van der Waals surface area (Å²) in [5, 5.41) is 0. The van der Waals surface area contributed by atoms with Crippen molar-refractivity contribution in [2.45, 2.75) is 6.92 Å². The van der Waals surface area contributed by atoms with E-state index in [1.54, 1.807) is 25.6 Å². The van der Waals surface area contributed by atoms with Crippen LogP contribution in [0.15, 0.2) is 30.6 Å². The van der Waals surface area contributed by atoms with E-state index in [2.05, 4.69) is 19.9 Å². The minimum Gasteiger partial charge on any atom is -0.481 e. The molecule has 0 N–H and O–H groups in total. The van der Waals surface area contributed by atoms with E-state index in [1.807, 2.05) is 24.0 Å². The first kappa shape index (κ1) is 15.2. The summed E-state index contributed by atoms with van der Waals surface area (Å²) >= 11 is 0. The molecule has 0 spiro atoms. The largest absolute Gasteiger partial charge is 0.481 e. The van der Waals surface area contributed by atoms with Crippen molar-refractivity contribution in [1.82, 2.24) is 19.9 Å². The maximum absolute atomic E-state index is 12.5. The molecule has 0 saturated carbocycles. The monoisotopic (exact) mass is 313 g/mol. The van der Waals surface area contributed by atoms with Crippen LogP contribution in [0.2, 0.25) is 0 Å². The van der Waals surface area contributed by atoms with Crippen molar-refractivity contribution >= 4 is 11.9 Å². The molecule has 7 heteroatoms. The van der Waals surface area contributed by atoms with Crippen LogP contribution in [-0.4, -0.2) is 59.0 Å². The second-order valence-corrected chi connectivity index (χ2v) is 5.37. The van der Waals surface area contributed by atoms with E-state index in [0.717, 1.165) is 5.69 Å². The van der Waals surface area contributed by atoms with Crippen LogP contribution in [0.3, 0.4) is 0 Å². The fourth-order valence-electron chi connectivity index (χ4n) is 2.48. The molecular formula is C16H19N5O2. The fraction of sp³-hybridized carbons (Fsp3) is 0.375. The lowest BCUT2D eigenvalue weighted by Gasteiger charge is -2.34. The molecule has 1 aliphatic rings. The molecule has 0 aromatic carbocycles. The lowest BCUT2D eigenvalue weighted by molar-refractivity contribution is 0.0745. The van der Waals surface area contributed by atoms with Crippen LogP contribution >= 0.6 is 0 Å². The third-order valence-corrected chi connectivity index (χ3v) is 3.83. The number of aryl methyl sites for hydroxylation is 1. The van der Waals surface area contributed by atoms with Gasteiger partial charge in [0.05, 0.1) is 12.7 Å². The molecular weight excluding hydrogens is 294 g/mol. The Labute approximate surface area is 134 Å². The Morgan fingerprint density at radius 3 is 2.57 bits per heavy atom. The predicted molar refractivity (Wildman–Crippen MR) is 85.7 cm³/mol. The highest BCUT2D eigenvalue weighted by atomic mass is 16.5. The summed E-state index contributed by atoms with van der Waals surface area (Å²) in [6.45, 7) is 4.55. The van der Waals surface area contributed by atoms with Gasteiger partial charge in [0.25, 0.3) is 5.91 Å². The Balaban J connectivity index is 1.63. The van der Waals surface area contributed by atoms with Crippen LogP contribution in [-0.2, 0) is 0 Å². The summed E-state index contributed by atoms with van der Waals surface area (Å²) in [6.07, 6.45) is 3.31. The number of ether oxygens (including phenoxy) is 1. The molecule has 7 nitrogen and oxygen atoms in total. The van der Waals surface area contributed by atoms with Gasteiger partial charge in [0.1, 0.15) is 0 Å². The quantitative estimate of drug-likeness (QED) is 0.846. The first-order chi connectivity index (χ1) is 11.2. The normalized spacial score (nSPS) is 14.7. The standard InChI is InChI=1S/C16H19N5O2/c1-12-3-4-13(11-18-12)15(22)20-7-9-21(10-8-20)16-17-6-5-14(19-16)23-2/h3-6,11H,7-10H2,1-2H3. The van der Waals surface area contributed by atoms with Gasteiger partial charge in [-0.3, -0.25) is 9.78 Å². The summed E-state index contributed by atoms with van der Waals surface area (Å²) in [5.41, 5.74) is 1.53. The number of hydrogen-bond donors (Lipinski definition) is 0. The van der Waals surface area contributed by atoms with Gasteiger partial charge in [-0.1, -0.05) is 0 Å². The zero-order valence-electron chi connectivity index (χ0n) is 13.3. The van der Waals surface area contributed by atoms with Crippen LogP contribution in [0.25, 0.3) is 0 Å². The van der Waals surface area contributed by atoms with Crippen molar-refractivity contribution in [1.29, 1.82) is 0 Å². The number of pyridine rings is 1. The number of anilines is 1. The Morgan fingerprint density at radius 1 is 1.13 bits per heavy atom. The van der Waals surface area contributed by atoms with Crippen LogP contribution < -0.4 is 9.64 Å². The number of rotatable bonds is 3. The summed E-state index contributed by atoms with van der Waals surface area (Å²) in [7, 11) is 1.58. The number of piperazine rings is 1. The van der Waals surface area contributed by atoms with E-state index in [4.69, 9.17) is 4.74 Å². The molecule has 120 valence electrons. The zero-order valence-corrected chi connectivity index (χ0v) is 13.3. The minimum atomic E-state index is 0.0173. The van der Waals surface area contributed by atoms with Crippen molar-refractivity contribution in [3.05, 3.63) is 41.9 Å². The summed E-state index contributed by atoms with van der Waals surface area (Å²) in [5.74, 6) is 1.19. The van der Waals surface area contributed by atoms with Gasteiger partial charge in [0, 0.05) is 50.3 Å². The topological polar surface area (TPSA) is 71.5 Å². The van der Waals surface area contributed by atoms with Crippen LogP contribution in [0.1, 0.15) is 16.1 Å². The molecule has 1 amide bonds. The number of methoxy groups -OCH3 is 1. The van der Waals surface area contributed by atoms with Gasteiger partial charge in [-0.2, -0.15) is 4.98 Å². The van der Waals surface area contributed by atoms with Crippen LogP contribution in [0, 0.1) is 6.92 Å². The number of amides is 1. The van der Waals surface area contributed by atoms with E-state index in [0.29, 0.717) is 43.6 Å². The summed E-state index contributed by atoms with van der Waals surface area (Å²) < 4.78 is 5.12. The maximum Gasteiger partial charge on any atom is 0.255 e.